The number of nitrogen functional groups attached to an aromatic ring is 2. The molecular weight excluding hydrogens is 352 g/mol. The van der Waals surface area contributed by atoms with Gasteiger partial charge in [0.1, 0.15) is 11.7 Å². The van der Waals surface area contributed by atoms with E-state index in [1.54, 1.807) is 23.2 Å². The first-order chi connectivity index (χ1) is 13.0. The Kier molecular flexibility index (Phi) is 5.41. The highest BCUT2D eigenvalue weighted by Crippen LogP contribution is 2.30. The molecule has 0 saturated carbocycles. The predicted molar refractivity (Wildman–Crippen MR) is 96.7 cm³/mol. The lowest BCUT2D eigenvalue weighted by molar-refractivity contribution is -0.145. The van der Waals surface area contributed by atoms with Gasteiger partial charge in [0, 0.05) is 6.20 Å². The van der Waals surface area contributed by atoms with Crippen LogP contribution in [-0.2, 0) is 9.53 Å². The molecule has 2 aromatic rings. The standard InChI is InChI=1S/C16H20N8O3/c1-27-16(26)11-5-3-7-23(11)9-12(25)24-15(18)13(14(17)22-24)21-20-10-4-2-6-19-8-10/h2,4,6,8,11H,3,5,7,9,18H2,1H3,(H2,17,22). The second-order valence-corrected chi connectivity index (χ2v) is 5.99. The van der Waals surface area contributed by atoms with Gasteiger partial charge in [-0.1, -0.05) is 0 Å². The van der Waals surface area contributed by atoms with Gasteiger partial charge in [0.15, 0.2) is 17.3 Å². The Morgan fingerprint density at radius 2 is 2.19 bits per heavy atom. The average molecular weight is 372 g/mol. The van der Waals surface area contributed by atoms with Crippen LogP contribution in [0.4, 0.5) is 23.0 Å². The van der Waals surface area contributed by atoms with Gasteiger partial charge >= 0.3 is 5.97 Å². The fourth-order valence-corrected chi connectivity index (χ4v) is 2.91. The SMILES string of the molecule is COC(=O)C1CCCN1CC(=O)n1nc(N)c(N=Nc2cccnc2)c1N. The van der Waals surface area contributed by atoms with Crippen LogP contribution in [0.25, 0.3) is 0 Å². The van der Waals surface area contributed by atoms with Crippen LogP contribution in [0, 0.1) is 0 Å². The fraction of sp³-hybridized carbons (Fsp3) is 0.375. The summed E-state index contributed by atoms with van der Waals surface area (Å²) in [5.41, 5.74) is 12.4. The molecule has 1 aliphatic rings. The smallest absolute Gasteiger partial charge is 0.323 e. The van der Waals surface area contributed by atoms with E-state index in [1.165, 1.54) is 13.3 Å². The van der Waals surface area contributed by atoms with Crippen LogP contribution in [0.1, 0.15) is 17.6 Å². The highest BCUT2D eigenvalue weighted by Gasteiger charge is 2.33. The number of azo groups is 1. The van der Waals surface area contributed by atoms with E-state index in [0.717, 1.165) is 11.1 Å². The summed E-state index contributed by atoms with van der Waals surface area (Å²) in [7, 11) is 1.33. The van der Waals surface area contributed by atoms with E-state index < -0.39 is 11.9 Å². The number of esters is 1. The zero-order valence-corrected chi connectivity index (χ0v) is 14.8. The van der Waals surface area contributed by atoms with Crippen molar-refractivity contribution in [1.29, 1.82) is 0 Å². The van der Waals surface area contributed by atoms with Crippen LogP contribution in [-0.4, -0.2) is 57.8 Å². The topological polar surface area (TPSA) is 154 Å². The van der Waals surface area contributed by atoms with Crippen molar-refractivity contribution < 1.29 is 14.3 Å². The molecule has 142 valence electrons. The van der Waals surface area contributed by atoms with Gasteiger partial charge in [-0.25, -0.2) is 0 Å². The monoisotopic (exact) mass is 372 g/mol. The third-order valence-corrected chi connectivity index (χ3v) is 4.24. The third kappa shape index (κ3) is 3.92. The van der Waals surface area contributed by atoms with Crippen LogP contribution in [0.15, 0.2) is 34.8 Å². The van der Waals surface area contributed by atoms with Crippen LogP contribution in [0.5, 0.6) is 0 Å². The van der Waals surface area contributed by atoms with Crippen LogP contribution in [0.2, 0.25) is 0 Å². The predicted octanol–water partition coefficient (Wildman–Crippen LogP) is 1.14. The van der Waals surface area contributed by atoms with Gasteiger partial charge in [-0.2, -0.15) is 4.68 Å². The number of carbonyl (C=O) groups is 2. The molecule has 11 nitrogen and oxygen atoms in total. The lowest BCUT2D eigenvalue weighted by atomic mass is 10.2. The van der Waals surface area contributed by atoms with E-state index >= 15 is 0 Å². The molecular formula is C16H20N8O3. The fourth-order valence-electron chi connectivity index (χ4n) is 2.91. The zero-order chi connectivity index (χ0) is 19.4. The Bertz CT molecular complexity index is 864. The number of carbonyl (C=O) groups excluding carboxylic acids is 2. The average Bonchev–Trinajstić information content (AvgIpc) is 3.24. The van der Waals surface area contributed by atoms with Crippen molar-refractivity contribution in [2.45, 2.75) is 18.9 Å². The molecule has 3 heterocycles. The number of anilines is 2. The highest BCUT2D eigenvalue weighted by molar-refractivity contribution is 5.88. The van der Waals surface area contributed by atoms with E-state index in [1.807, 2.05) is 0 Å². The number of nitrogens with zero attached hydrogens (tertiary/aromatic N) is 6. The number of hydrogen-bond acceptors (Lipinski definition) is 10. The molecule has 1 fully saturated rings. The quantitative estimate of drug-likeness (QED) is 0.585. The molecule has 2 aromatic heterocycles. The third-order valence-electron chi connectivity index (χ3n) is 4.24. The molecule has 0 radical (unpaired) electrons. The Balaban J connectivity index is 1.76. The first-order valence-electron chi connectivity index (χ1n) is 8.32. The molecule has 1 saturated heterocycles. The van der Waals surface area contributed by atoms with Crippen molar-refractivity contribution in [3.05, 3.63) is 24.5 Å². The van der Waals surface area contributed by atoms with Gasteiger partial charge in [0.05, 0.1) is 19.9 Å². The first-order valence-corrected chi connectivity index (χ1v) is 8.32. The second-order valence-electron chi connectivity index (χ2n) is 5.99. The molecule has 1 atom stereocenters. The summed E-state index contributed by atoms with van der Waals surface area (Å²) < 4.78 is 5.77. The highest BCUT2D eigenvalue weighted by atomic mass is 16.5. The molecule has 3 rings (SSSR count). The van der Waals surface area contributed by atoms with Gasteiger partial charge in [-0.05, 0) is 31.5 Å². The number of ether oxygens (including phenoxy) is 1. The molecule has 1 aliphatic heterocycles. The van der Waals surface area contributed by atoms with E-state index in [-0.39, 0.29) is 29.8 Å². The first kappa shape index (κ1) is 18.5. The zero-order valence-electron chi connectivity index (χ0n) is 14.8. The maximum absolute atomic E-state index is 12.6. The normalized spacial score (nSPS) is 17.4. The Morgan fingerprint density at radius 3 is 2.89 bits per heavy atom. The maximum atomic E-state index is 12.6. The summed E-state index contributed by atoms with van der Waals surface area (Å²) in [5, 5.41) is 11.9. The van der Waals surface area contributed by atoms with E-state index in [9.17, 15) is 9.59 Å². The number of hydrogen-bond donors (Lipinski definition) is 2. The van der Waals surface area contributed by atoms with Gasteiger partial charge in [-0.3, -0.25) is 19.5 Å². The maximum Gasteiger partial charge on any atom is 0.323 e. The van der Waals surface area contributed by atoms with Crippen molar-refractivity contribution >= 4 is 34.9 Å². The molecule has 0 aliphatic carbocycles. The molecule has 1 unspecified atom stereocenters. The Hall–Kier alpha value is -3.34. The van der Waals surface area contributed by atoms with Gasteiger partial charge in [0.25, 0.3) is 5.91 Å². The van der Waals surface area contributed by atoms with Crippen LogP contribution >= 0.6 is 0 Å². The summed E-state index contributed by atoms with van der Waals surface area (Å²) in [4.78, 5) is 30.1. The summed E-state index contributed by atoms with van der Waals surface area (Å²) in [6.45, 7) is 0.569. The second kappa shape index (κ2) is 7.91. The van der Waals surface area contributed by atoms with Crippen molar-refractivity contribution in [3.63, 3.8) is 0 Å². The molecule has 0 bridgehead atoms. The molecule has 27 heavy (non-hydrogen) atoms. The number of aromatic nitrogens is 3. The van der Waals surface area contributed by atoms with Gasteiger partial charge < -0.3 is 16.2 Å². The Morgan fingerprint density at radius 1 is 1.37 bits per heavy atom. The molecule has 11 heteroatoms. The lowest BCUT2D eigenvalue weighted by Crippen LogP contribution is -2.41. The lowest BCUT2D eigenvalue weighted by Gasteiger charge is -2.21. The molecule has 0 spiro atoms. The van der Waals surface area contributed by atoms with Gasteiger partial charge in [-0.15, -0.1) is 15.3 Å². The van der Waals surface area contributed by atoms with Crippen LogP contribution in [0.3, 0.4) is 0 Å². The Labute approximate surface area is 155 Å². The number of rotatable bonds is 5. The summed E-state index contributed by atoms with van der Waals surface area (Å²) in [6.07, 6.45) is 4.57. The van der Waals surface area contributed by atoms with Crippen LogP contribution < -0.4 is 11.5 Å². The minimum Gasteiger partial charge on any atom is -0.468 e. The minimum absolute atomic E-state index is 0.0144. The van der Waals surface area contributed by atoms with E-state index in [4.69, 9.17) is 16.2 Å². The van der Waals surface area contributed by atoms with E-state index in [0.29, 0.717) is 18.7 Å². The van der Waals surface area contributed by atoms with E-state index in [2.05, 4.69) is 20.3 Å². The van der Waals surface area contributed by atoms with Gasteiger partial charge in [0.2, 0.25) is 0 Å². The van der Waals surface area contributed by atoms with Crippen molar-refractivity contribution in [2.75, 3.05) is 31.7 Å². The number of methoxy groups -OCH3 is 1. The van der Waals surface area contributed by atoms with Crippen molar-refractivity contribution in [3.8, 4) is 0 Å². The molecule has 0 amide bonds. The number of nitrogens with two attached hydrogens (primary N) is 2. The summed E-state index contributed by atoms with van der Waals surface area (Å²) >= 11 is 0. The largest absolute Gasteiger partial charge is 0.468 e. The van der Waals surface area contributed by atoms with Crippen molar-refractivity contribution in [1.82, 2.24) is 19.7 Å². The minimum atomic E-state index is -0.446. The molecule has 0 aromatic carbocycles. The number of likely N-dealkylation sites (tertiary alicyclic amines) is 1. The van der Waals surface area contributed by atoms with Crippen molar-refractivity contribution in [2.24, 2.45) is 10.2 Å². The summed E-state index contributed by atoms with van der Waals surface area (Å²) in [5.74, 6) is -0.810. The molecule has 4 N–H and O–H groups in total. The number of pyridine rings is 1. The summed E-state index contributed by atoms with van der Waals surface area (Å²) in [6, 6.07) is 2.97.